The van der Waals surface area contributed by atoms with Crippen molar-refractivity contribution in [2.45, 2.75) is 29.1 Å². The Morgan fingerprint density at radius 3 is 2.08 bits per heavy atom. The Morgan fingerprint density at radius 2 is 1.31 bits per heavy atom. The third kappa shape index (κ3) is 4.23. The van der Waals surface area contributed by atoms with Crippen LogP contribution in [0.2, 0.25) is 0 Å². The minimum Gasteiger partial charge on any atom is -0.370 e. The molecule has 1 aliphatic heterocycles. The molecule has 132 valence electrons. The average molecular weight is 361 g/mol. The van der Waals surface area contributed by atoms with Crippen molar-refractivity contribution in [3.63, 3.8) is 0 Å². The van der Waals surface area contributed by atoms with Crippen molar-refractivity contribution in [3.8, 4) is 0 Å². The number of nitrogens with zero attached hydrogens (tertiary/aromatic N) is 1. The zero-order valence-corrected chi connectivity index (χ0v) is 15.7. The van der Waals surface area contributed by atoms with Gasteiger partial charge in [-0.05, 0) is 67.8 Å². The summed E-state index contributed by atoms with van der Waals surface area (Å²) in [6.07, 6.45) is 3.94. The van der Waals surface area contributed by atoms with Crippen molar-refractivity contribution in [1.29, 1.82) is 0 Å². The molecule has 3 aromatic rings. The van der Waals surface area contributed by atoms with E-state index in [0.717, 1.165) is 18.8 Å². The van der Waals surface area contributed by atoms with Crippen LogP contribution in [0.15, 0.2) is 88.7 Å². The molecular formula is C23H24N2S. The molecule has 0 atom stereocenters. The fraction of sp³-hybridized carbons (Fsp3) is 0.217. The Morgan fingerprint density at radius 1 is 0.654 bits per heavy atom. The molecule has 0 aliphatic carbocycles. The topological polar surface area (TPSA) is 15.3 Å². The summed E-state index contributed by atoms with van der Waals surface area (Å²) in [5.41, 5.74) is 3.64. The minimum atomic E-state index is 1.13. The highest BCUT2D eigenvalue weighted by Gasteiger charge is 2.14. The second-order valence-corrected chi connectivity index (χ2v) is 7.78. The third-order valence-corrected chi connectivity index (χ3v) is 5.73. The van der Waals surface area contributed by atoms with Crippen LogP contribution >= 0.6 is 11.8 Å². The maximum Gasteiger partial charge on any atom is 0.0622 e. The summed E-state index contributed by atoms with van der Waals surface area (Å²) >= 11 is 1.79. The molecule has 1 aliphatic rings. The molecule has 4 rings (SSSR count). The van der Waals surface area contributed by atoms with Gasteiger partial charge in [0.05, 0.1) is 11.4 Å². The Kier molecular flexibility index (Phi) is 5.46. The quantitative estimate of drug-likeness (QED) is 0.554. The number of para-hydroxylation sites is 2. The van der Waals surface area contributed by atoms with Crippen LogP contribution in [0.4, 0.5) is 17.1 Å². The predicted molar refractivity (Wildman–Crippen MR) is 113 cm³/mol. The van der Waals surface area contributed by atoms with Crippen molar-refractivity contribution in [2.24, 2.45) is 0 Å². The van der Waals surface area contributed by atoms with E-state index in [4.69, 9.17) is 0 Å². The van der Waals surface area contributed by atoms with Crippen LogP contribution in [0.1, 0.15) is 19.3 Å². The standard InChI is InChI=1S/C23H24N2S/c1-3-9-20(10-4-1)26-21-15-13-19(14-16-21)24-22-11-5-6-12-23(22)25-17-7-2-8-18-25/h1,3-6,9-16,24H,2,7-8,17-18H2. The smallest absolute Gasteiger partial charge is 0.0622 e. The van der Waals surface area contributed by atoms with Crippen LogP contribution in [-0.4, -0.2) is 13.1 Å². The Hall–Kier alpha value is -2.39. The van der Waals surface area contributed by atoms with Gasteiger partial charge in [-0.3, -0.25) is 0 Å². The zero-order chi connectivity index (χ0) is 17.6. The van der Waals surface area contributed by atoms with Gasteiger partial charge < -0.3 is 10.2 Å². The summed E-state index contributed by atoms with van der Waals surface area (Å²) in [7, 11) is 0. The lowest BCUT2D eigenvalue weighted by molar-refractivity contribution is 0.578. The maximum absolute atomic E-state index is 3.61. The number of rotatable bonds is 5. The Balaban J connectivity index is 1.47. The molecule has 1 fully saturated rings. The molecule has 3 aromatic carbocycles. The second-order valence-electron chi connectivity index (χ2n) is 6.63. The van der Waals surface area contributed by atoms with E-state index in [9.17, 15) is 0 Å². The van der Waals surface area contributed by atoms with Crippen LogP contribution in [0, 0.1) is 0 Å². The highest BCUT2D eigenvalue weighted by atomic mass is 32.2. The molecular weight excluding hydrogens is 336 g/mol. The van der Waals surface area contributed by atoms with Crippen LogP contribution in [0.3, 0.4) is 0 Å². The maximum atomic E-state index is 3.61. The summed E-state index contributed by atoms with van der Waals surface area (Å²) in [6.45, 7) is 2.32. The lowest BCUT2D eigenvalue weighted by Gasteiger charge is -2.30. The second kappa shape index (κ2) is 8.33. The van der Waals surface area contributed by atoms with Crippen molar-refractivity contribution < 1.29 is 0 Å². The molecule has 0 spiro atoms. The number of anilines is 3. The summed E-state index contributed by atoms with van der Waals surface area (Å²) in [5, 5.41) is 3.61. The Labute approximate surface area is 160 Å². The summed E-state index contributed by atoms with van der Waals surface area (Å²) < 4.78 is 0. The Bertz CT molecular complexity index is 824. The first kappa shape index (κ1) is 17.0. The van der Waals surface area contributed by atoms with Gasteiger partial charge >= 0.3 is 0 Å². The number of hydrogen-bond donors (Lipinski definition) is 1. The summed E-state index contributed by atoms with van der Waals surface area (Å²) in [4.78, 5) is 5.03. The van der Waals surface area contributed by atoms with E-state index >= 15 is 0 Å². The summed E-state index contributed by atoms with van der Waals surface area (Å²) in [5.74, 6) is 0. The van der Waals surface area contributed by atoms with E-state index in [2.05, 4.69) is 89.1 Å². The molecule has 0 amide bonds. The van der Waals surface area contributed by atoms with E-state index in [1.807, 2.05) is 0 Å². The van der Waals surface area contributed by atoms with E-state index in [0.29, 0.717) is 0 Å². The predicted octanol–water partition coefficient (Wildman–Crippen LogP) is 6.57. The van der Waals surface area contributed by atoms with Gasteiger partial charge in [0.15, 0.2) is 0 Å². The van der Waals surface area contributed by atoms with E-state index in [-0.39, 0.29) is 0 Å². The van der Waals surface area contributed by atoms with Gasteiger partial charge in [0.25, 0.3) is 0 Å². The van der Waals surface area contributed by atoms with Gasteiger partial charge in [0.2, 0.25) is 0 Å². The molecule has 2 nitrogen and oxygen atoms in total. The molecule has 0 radical (unpaired) electrons. The molecule has 0 saturated carbocycles. The van der Waals surface area contributed by atoms with Crippen molar-refractivity contribution >= 4 is 28.8 Å². The fourth-order valence-corrected chi connectivity index (χ4v) is 4.21. The SMILES string of the molecule is c1ccc(Sc2ccc(Nc3ccccc3N3CCCCC3)cc2)cc1. The molecule has 26 heavy (non-hydrogen) atoms. The molecule has 0 aromatic heterocycles. The minimum absolute atomic E-state index is 1.13. The van der Waals surface area contributed by atoms with Crippen molar-refractivity contribution in [1.82, 2.24) is 0 Å². The molecule has 3 heteroatoms. The molecule has 1 saturated heterocycles. The van der Waals surface area contributed by atoms with E-state index < -0.39 is 0 Å². The van der Waals surface area contributed by atoms with Crippen molar-refractivity contribution in [3.05, 3.63) is 78.9 Å². The zero-order valence-electron chi connectivity index (χ0n) is 14.9. The number of piperidine rings is 1. The van der Waals surface area contributed by atoms with Crippen molar-refractivity contribution in [2.75, 3.05) is 23.3 Å². The van der Waals surface area contributed by atoms with Gasteiger partial charge in [-0.15, -0.1) is 0 Å². The fourth-order valence-electron chi connectivity index (χ4n) is 3.38. The van der Waals surface area contributed by atoms with Crippen LogP contribution in [0.25, 0.3) is 0 Å². The van der Waals surface area contributed by atoms with Crippen LogP contribution < -0.4 is 10.2 Å². The molecule has 1 N–H and O–H groups in total. The number of hydrogen-bond acceptors (Lipinski definition) is 3. The largest absolute Gasteiger partial charge is 0.370 e. The average Bonchev–Trinajstić information content (AvgIpc) is 2.71. The van der Waals surface area contributed by atoms with Gasteiger partial charge in [-0.2, -0.15) is 0 Å². The van der Waals surface area contributed by atoms with Gasteiger partial charge in [-0.1, -0.05) is 42.1 Å². The molecule has 0 unspecified atom stereocenters. The van der Waals surface area contributed by atoms with Gasteiger partial charge in [-0.25, -0.2) is 0 Å². The molecule has 1 heterocycles. The number of benzene rings is 3. The normalized spacial score (nSPS) is 14.2. The monoisotopic (exact) mass is 360 g/mol. The van der Waals surface area contributed by atoms with E-state index in [1.54, 1.807) is 11.8 Å². The molecule has 0 bridgehead atoms. The third-order valence-electron chi connectivity index (χ3n) is 4.71. The lowest BCUT2D eigenvalue weighted by atomic mass is 10.1. The highest BCUT2D eigenvalue weighted by molar-refractivity contribution is 7.99. The first-order valence-corrected chi connectivity index (χ1v) is 10.1. The lowest BCUT2D eigenvalue weighted by Crippen LogP contribution is -2.29. The summed E-state index contributed by atoms with van der Waals surface area (Å²) in [6, 6.07) is 27.8. The van der Waals surface area contributed by atoms with Gasteiger partial charge in [0, 0.05) is 28.6 Å². The first-order valence-electron chi connectivity index (χ1n) is 9.32. The van der Waals surface area contributed by atoms with Crippen LogP contribution in [-0.2, 0) is 0 Å². The van der Waals surface area contributed by atoms with Gasteiger partial charge in [0.1, 0.15) is 0 Å². The number of nitrogens with one attached hydrogen (secondary N) is 1. The highest BCUT2D eigenvalue weighted by Crippen LogP contribution is 2.32. The first-order chi connectivity index (χ1) is 12.9. The van der Waals surface area contributed by atoms with Crippen LogP contribution in [0.5, 0.6) is 0 Å². The van der Waals surface area contributed by atoms with E-state index in [1.165, 1.54) is 40.4 Å².